The van der Waals surface area contributed by atoms with Gasteiger partial charge in [0.15, 0.2) is 5.69 Å². The first-order valence-corrected chi connectivity index (χ1v) is 10.7. The van der Waals surface area contributed by atoms with E-state index in [4.69, 9.17) is 0 Å². The Hall–Kier alpha value is -3.15. The van der Waals surface area contributed by atoms with Gasteiger partial charge in [-0.15, -0.1) is 0 Å². The van der Waals surface area contributed by atoms with Crippen LogP contribution in [0.25, 0.3) is 5.69 Å². The number of para-hydroxylation sites is 1. The molecule has 0 bridgehead atoms. The van der Waals surface area contributed by atoms with Crippen LogP contribution in [0.3, 0.4) is 0 Å². The van der Waals surface area contributed by atoms with Crippen LogP contribution in [0.1, 0.15) is 46.6 Å². The molecule has 5 rings (SSSR count). The van der Waals surface area contributed by atoms with Crippen molar-refractivity contribution in [1.82, 2.24) is 15.1 Å². The molecule has 0 unspecified atom stereocenters. The number of rotatable bonds is 5. The van der Waals surface area contributed by atoms with Gasteiger partial charge < -0.3 is 10.2 Å². The maximum atomic E-state index is 14.3. The van der Waals surface area contributed by atoms with E-state index in [1.54, 1.807) is 22.9 Å². The van der Waals surface area contributed by atoms with Gasteiger partial charge in [-0.3, -0.25) is 4.79 Å². The normalized spacial score (nSPS) is 15.4. The molecule has 2 heterocycles. The average Bonchev–Trinajstić information content (AvgIpc) is 3.51. The molecule has 0 spiro atoms. The van der Waals surface area contributed by atoms with Crippen molar-refractivity contribution in [2.24, 2.45) is 0 Å². The Labute approximate surface area is 175 Å². The Morgan fingerprint density at radius 1 is 1.00 bits per heavy atom. The van der Waals surface area contributed by atoms with E-state index < -0.39 is 0 Å². The van der Waals surface area contributed by atoms with Crippen LogP contribution < -0.4 is 10.2 Å². The van der Waals surface area contributed by atoms with Gasteiger partial charge in [-0.25, -0.2) is 9.07 Å². The lowest BCUT2D eigenvalue weighted by Crippen LogP contribution is -2.24. The van der Waals surface area contributed by atoms with Gasteiger partial charge in [0.1, 0.15) is 11.5 Å². The van der Waals surface area contributed by atoms with Crippen LogP contribution in [0.2, 0.25) is 0 Å². The molecule has 0 atom stereocenters. The summed E-state index contributed by atoms with van der Waals surface area (Å²) in [7, 11) is 0. The highest BCUT2D eigenvalue weighted by Gasteiger charge is 2.27. The van der Waals surface area contributed by atoms with Crippen molar-refractivity contribution < 1.29 is 9.18 Å². The third-order valence-electron chi connectivity index (χ3n) is 6.09. The van der Waals surface area contributed by atoms with E-state index in [2.05, 4.69) is 39.6 Å². The van der Waals surface area contributed by atoms with Crippen LogP contribution >= 0.6 is 0 Å². The minimum atomic E-state index is -0.334. The topological polar surface area (TPSA) is 50.2 Å². The molecule has 1 amide bonds. The first-order valence-electron chi connectivity index (χ1n) is 10.7. The van der Waals surface area contributed by atoms with Crippen LogP contribution in [-0.2, 0) is 19.4 Å². The minimum absolute atomic E-state index is 0.202. The Morgan fingerprint density at radius 3 is 2.53 bits per heavy atom. The standard InChI is InChI=1S/C24H25FN4O/c25-20-7-1-2-8-22(20)29-21-9-5-6-19(21)23(27-29)24(30)26-16-17-10-12-18(13-11-17)28-14-3-4-15-28/h1-2,7-8,10-13H,3-6,9,14-16H2,(H,26,30). The highest BCUT2D eigenvalue weighted by atomic mass is 19.1. The lowest BCUT2D eigenvalue weighted by atomic mass is 10.1. The number of carbonyl (C=O) groups excluding carboxylic acids is 1. The van der Waals surface area contributed by atoms with Crippen LogP contribution in [0.4, 0.5) is 10.1 Å². The van der Waals surface area contributed by atoms with Crippen molar-refractivity contribution in [1.29, 1.82) is 0 Å². The van der Waals surface area contributed by atoms with Crippen LogP contribution in [0.5, 0.6) is 0 Å². The largest absolute Gasteiger partial charge is 0.372 e. The zero-order valence-corrected chi connectivity index (χ0v) is 16.9. The molecular weight excluding hydrogens is 379 g/mol. The molecule has 0 saturated carbocycles. The fourth-order valence-electron chi connectivity index (χ4n) is 4.51. The summed E-state index contributed by atoms with van der Waals surface area (Å²) in [5.74, 6) is -0.536. The van der Waals surface area contributed by atoms with Crippen molar-refractivity contribution in [3.63, 3.8) is 0 Å². The predicted molar refractivity (Wildman–Crippen MR) is 115 cm³/mol. The molecule has 1 aliphatic heterocycles. The fourth-order valence-corrected chi connectivity index (χ4v) is 4.51. The van der Waals surface area contributed by atoms with Crippen LogP contribution in [0, 0.1) is 5.82 Å². The number of benzene rings is 2. The molecule has 1 aromatic heterocycles. The molecular formula is C24H25FN4O. The number of aromatic nitrogens is 2. The van der Waals surface area contributed by atoms with Crippen molar-refractivity contribution in [2.45, 2.75) is 38.6 Å². The monoisotopic (exact) mass is 404 g/mol. The molecule has 2 aliphatic rings. The third kappa shape index (κ3) is 3.47. The first kappa shape index (κ1) is 18.9. The fraction of sp³-hybridized carbons (Fsp3) is 0.333. The Kier molecular flexibility index (Phi) is 4.99. The summed E-state index contributed by atoms with van der Waals surface area (Å²) in [5.41, 5.74) is 4.99. The zero-order valence-electron chi connectivity index (χ0n) is 16.9. The maximum absolute atomic E-state index is 14.3. The number of hydrogen-bond donors (Lipinski definition) is 1. The summed E-state index contributed by atoms with van der Waals surface area (Å²) in [6.45, 7) is 2.68. The molecule has 0 radical (unpaired) electrons. The van der Waals surface area contributed by atoms with Crippen molar-refractivity contribution in [2.75, 3.05) is 18.0 Å². The van der Waals surface area contributed by atoms with E-state index in [0.717, 1.165) is 49.2 Å². The van der Waals surface area contributed by atoms with Crippen molar-refractivity contribution in [3.05, 3.63) is 76.9 Å². The van der Waals surface area contributed by atoms with E-state index in [1.807, 2.05) is 0 Å². The third-order valence-corrected chi connectivity index (χ3v) is 6.09. The summed E-state index contributed by atoms with van der Waals surface area (Å²) in [5, 5.41) is 7.49. The second kappa shape index (κ2) is 7.94. The van der Waals surface area contributed by atoms with Gasteiger partial charge in [0.25, 0.3) is 5.91 Å². The molecule has 154 valence electrons. The number of carbonyl (C=O) groups is 1. The van der Waals surface area contributed by atoms with Gasteiger partial charge >= 0.3 is 0 Å². The summed E-state index contributed by atoms with van der Waals surface area (Å²) in [6, 6.07) is 14.9. The predicted octanol–water partition coefficient (Wildman–Crippen LogP) is 4.03. The summed E-state index contributed by atoms with van der Waals surface area (Å²) < 4.78 is 15.9. The van der Waals surface area contributed by atoms with E-state index in [9.17, 15) is 9.18 Å². The zero-order chi connectivity index (χ0) is 20.5. The number of fused-ring (bicyclic) bond motifs is 1. The SMILES string of the molecule is O=C(NCc1ccc(N2CCCC2)cc1)c1nn(-c2ccccc2F)c2c1CCC2. The quantitative estimate of drug-likeness (QED) is 0.699. The molecule has 2 aromatic carbocycles. The second-order valence-electron chi connectivity index (χ2n) is 8.03. The Balaban J connectivity index is 1.32. The van der Waals surface area contributed by atoms with E-state index >= 15 is 0 Å². The minimum Gasteiger partial charge on any atom is -0.372 e. The second-order valence-corrected chi connectivity index (χ2v) is 8.03. The lowest BCUT2D eigenvalue weighted by molar-refractivity contribution is 0.0944. The highest BCUT2D eigenvalue weighted by molar-refractivity contribution is 5.94. The lowest BCUT2D eigenvalue weighted by Gasteiger charge is -2.17. The van der Waals surface area contributed by atoms with Crippen molar-refractivity contribution in [3.8, 4) is 5.69 Å². The van der Waals surface area contributed by atoms with E-state index in [0.29, 0.717) is 17.9 Å². The van der Waals surface area contributed by atoms with Gasteiger partial charge in [-0.1, -0.05) is 24.3 Å². The highest BCUT2D eigenvalue weighted by Crippen LogP contribution is 2.28. The average molecular weight is 404 g/mol. The molecule has 1 N–H and O–H groups in total. The van der Waals surface area contributed by atoms with Gasteiger partial charge in [-0.05, 0) is 61.9 Å². The van der Waals surface area contributed by atoms with Gasteiger partial charge in [0, 0.05) is 36.6 Å². The molecule has 5 nitrogen and oxygen atoms in total. The van der Waals surface area contributed by atoms with Crippen LogP contribution in [0.15, 0.2) is 48.5 Å². The van der Waals surface area contributed by atoms with Crippen molar-refractivity contribution >= 4 is 11.6 Å². The summed E-state index contributed by atoms with van der Waals surface area (Å²) in [4.78, 5) is 15.3. The number of nitrogens with zero attached hydrogens (tertiary/aromatic N) is 3. The number of anilines is 1. The number of amides is 1. The van der Waals surface area contributed by atoms with Gasteiger partial charge in [0.05, 0.1) is 0 Å². The molecule has 1 fully saturated rings. The molecule has 1 aliphatic carbocycles. The Bertz CT molecular complexity index is 1070. The summed E-state index contributed by atoms with van der Waals surface area (Å²) in [6.07, 6.45) is 5.07. The molecule has 1 saturated heterocycles. The number of halogens is 1. The summed E-state index contributed by atoms with van der Waals surface area (Å²) >= 11 is 0. The van der Waals surface area contributed by atoms with E-state index in [1.165, 1.54) is 24.6 Å². The molecule has 3 aromatic rings. The molecule has 30 heavy (non-hydrogen) atoms. The van der Waals surface area contributed by atoms with Crippen LogP contribution in [-0.4, -0.2) is 28.8 Å². The number of hydrogen-bond acceptors (Lipinski definition) is 3. The maximum Gasteiger partial charge on any atom is 0.272 e. The Morgan fingerprint density at radius 2 is 1.77 bits per heavy atom. The smallest absolute Gasteiger partial charge is 0.272 e. The van der Waals surface area contributed by atoms with Gasteiger partial charge in [0.2, 0.25) is 0 Å². The first-order chi connectivity index (χ1) is 14.7. The van der Waals surface area contributed by atoms with Gasteiger partial charge in [-0.2, -0.15) is 5.10 Å². The molecule has 6 heteroatoms. The number of nitrogens with one attached hydrogen (secondary N) is 1. The van der Waals surface area contributed by atoms with E-state index in [-0.39, 0.29) is 11.7 Å².